The van der Waals surface area contributed by atoms with Gasteiger partial charge in [-0.15, -0.1) is 0 Å². The first-order valence-corrected chi connectivity index (χ1v) is 7.51. The van der Waals surface area contributed by atoms with Crippen molar-refractivity contribution in [3.8, 4) is 0 Å². The Morgan fingerprint density at radius 3 is 2.56 bits per heavy atom. The van der Waals surface area contributed by atoms with Crippen molar-refractivity contribution in [1.82, 2.24) is 13.9 Å². The molecule has 6 nitrogen and oxygen atoms in total. The number of nitrogens with zero attached hydrogens (tertiary/aromatic N) is 3. The summed E-state index contributed by atoms with van der Waals surface area (Å²) >= 11 is 0. The number of rotatable bonds is 4. The molecule has 7 heteroatoms. The van der Waals surface area contributed by atoms with Crippen molar-refractivity contribution in [2.24, 2.45) is 12.8 Å². The van der Waals surface area contributed by atoms with Crippen LogP contribution >= 0.6 is 0 Å². The molecule has 2 heterocycles. The van der Waals surface area contributed by atoms with Gasteiger partial charge in [0, 0.05) is 31.9 Å². The Balaban J connectivity index is 2.15. The molecule has 0 aliphatic carbocycles. The summed E-state index contributed by atoms with van der Waals surface area (Å²) in [6.07, 6.45) is 3.36. The maximum Gasteiger partial charge on any atom is 0.262 e. The van der Waals surface area contributed by atoms with Crippen LogP contribution in [0.5, 0.6) is 0 Å². The lowest BCUT2D eigenvalue weighted by molar-refractivity contribution is 0.146. The van der Waals surface area contributed by atoms with Crippen LogP contribution in [0, 0.1) is 6.92 Å². The summed E-state index contributed by atoms with van der Waals surface area (Å²) in [6, 6.07) is 0. The molecule has 0 saturated carbocycles. The van der Waals surface area contributed by atoms with Gasteiger partial charge in [0.25, 0.3) is 10.0 Å². The van der Waals surface area contributed by atoms with Crippen LogP contribution in [0.4, 0.5) is 0 Å². The van der Waals surface area contributed by atoms with Crippen molar-refractivity contribution < 1.29 is 8.42 Å². The molecule has 1 aliphatic heterocycles. The van der Waals surface area contributed by atoms with Crippen molar-refractivity contribution in [2.45, 2.75) is 37.3 Å². The molecule has 2 N–H and O–H groups in total. The van der Waals surface area contributed by atoms with E-state index in [1.54, 1.807) is 24.7 Å². The number of sulfonamides is 1. The van der Waals surface area contributed by atoms with Crippen molar-refractivity contribution in [1.29, 1.82) is 0 Å². The van der Waals surface area contributed by atoms with E-state index < -0.39 is 10.0 Å². The third-order valence-electron chi connectivity index (χ3n) is 3.42. The first-order chi connectivity index (χ1) is 8.28. The third-order valence-corrected chi connectivity index (χ3v) is 5.08. The maximum atomic E-state index is 12.3. The molecule has 0 aromatic carbocycles. The molecule has 1 fully saturated rings. The minimum Gasteiger partial charge on any atom is -0.337 e. The Hall–Kier alpha value is -0.920. The zero-order chi connectivity index (χ0) is 13.6. The molecule has 102 valence electrons. The van der Waals surface area contributed by atoms with Gasteiger partial charge in [0.2, 0.25) is 0 Å². The van der Waals surface area contributed by atoms with Gasteiger partial charge in [-0.1, -0.05) is 13.3 Å². The molecule has 18 heavy (non-hydrogen) atoms. The molecular weight excluding hydrogens is 252 g/mol. The predicted molar refractivity (Wildman–Crippen MR) is 68.5 cm³/mol. The van der Waals surface area contributed by atoms with Crippen molar-refractivity contribution >= 4 is 10.0 Å². The van der Waals surface area contributed by atoms with Crippen molar-refractivity contribution in [3.05, 3.63) is 12.0 Å². The van der Waals surface area contributed by atoms with Crippen LogP contribution in [-0.2, 0) is 17.1 Å². The van der Waals surface area contributed by atoms with Gasteiger partial charge in [-0.25, -0.2) is 13.4 Å². The average Bonchev–Trinajstić information content (AvgIpc) is 2.56. The first kappa shape index (κ1) is 13.5. The minimum absolute atomic E-state index is 0.112. The molecular formula is C11H20N4O2S. The van der Waals surface area contributed by atoms with Crippen LogP contribution in [0.25, 0.3) is 0 Å². The van der Waals surface area contributed by atoms with Gasteiger partial charge in [-0.05, 0) is 13.3 Å². The fourth-order valence-corrected chi connectivity index (χ4v) is 3.92. The average molecular weight is 272 g/mol. The van der Waals surface area contributed by atoms with Crippen molar-refractivity contribution in [3.63, 3.8) is 0 Å². The molecule has 0 unspecified atom stereocenters. The zero-order valence-electron chi connectivity index (χ0n) is 11.0. The lowest BCUT2D eigenvalue weighted by atomic mass is 9.89. The second-order valence-electron chi connectivity index (χ2n) is 5.12. The number of aryl methyl sites for hydroxylation is 2. The smallest absolute Gasteiger partial charge is 0.262 e. The van der Waals surface area contributed by atoms with Gasteiger partial charge in [-0.2, -0.15) is 4.31 Å². The quantitative estimate of drug-likeness (QED) is 0.850. The Kier molecular flexibility index (Phi) is 3.25. The normalized spacial score (nSPS) is 19.8. The van der Waals surface area contributed by atoms with E-state index in [2.05, 4.69) is 4.98 Å². The van der Waals surface area contributed by atoms with Crippen LogP contribution in [0.15, 0.2) is 11.2 Å². The second kappa shape index (κ2) is 4.32. The highest BCUT2D eigenvalue weighted by atomic mass is 32.2. The zero-order valence-corrected chi connectivity index (χ0v) is 11.9. The largest absolute Gasteiger partial charge is 0.337 e. The van der Waals surface area contributed by atoms with Gasteiger partial charge in [-0.3, -0.25) is 0 Å². The monoisotopic (exact) mass is 272 g/mol. The SMILES string of the molecule is CCCC1(N)CN(S(=O)(=O)c2cn(C)c(C)n2)C1. The fourth-order valence-electron chi connectivity index (χ4n) is 2.26. The summed E-state index contributed by atoms with van der Waals surface area (Å²) in [6.45, 7) is 4.60. The maximum absolute atomic E-state index is 12.3. The summed E-state index contributed by atoms with van der Waals surface area (Å²) in [5.41, 5.74) is 5.73. The highest BCUT2D eigenvalue weighted by Gasteiger charge is 2.45. The molecule has 0 radical (unpaired) electrons. The minimum atomic E-state index is -3.47. The van der Waals surface area contributed by atoms with E-state index in [1.807, 2.05) is 6.92 Å². The molecule has 0 bridgehead atoms. The number of hydrogen-bond donors (Lipinski definition) is 1. The van der Waals surface area contributed by atoms with E-state index >= 15 is 0 Å². The number of imidazole rings is 1. The first-order valence-electron chi connectivity index (χ1n) is 6.07. The molecule has 0 amide bonds. The number of aromatic nitrogens is 2. The molecule has 0 atom stereocenters. The summed E-state index contributed by atoms with van der Waals surface area (Å²) in [5.74, 6) is 0.682. The number of nitrogens with two attached hydrogens (primary N) is 1. The Labute approximate surface area is 108 Å². The van der Waals surface area contributed by atoms with Gasteiger partial charge in [0.1, 0.15) is 5.82 Å². The van der Waals surface area contributed by atoms with E-state index in [-0.39, 0.29) is 10.6 Å². The van der Waals surface area contributed by atoms with Gasteiger partial charge in [0.05, 0.1) is 0 Å². The Morgan fingerprint density at radius 2 is 2.11 bits per heavy atom. The highest BCUT2D eigenvalue weighted by Crippen LogP contribution is 2.28. The topological polar surface area (TPSA) is 81.2 Å². The summed E-state index contributed by atoms with van der Waals surface area (Å²) in [4.78, 5) is 4.07. The summed E-state index contributed by atoms with van der Waals surface area (Å²) in [7, 11) is -1.69. The fraction of sp³-hybridized carbons (Fsp3) is 0.727. The van der Waals surface area contributed by atoms with Crippen LogP contribution in [-0.4, -0.2) is 40.9 Å². The molecule has 1 aromatic rings. The number of hydrogen-bond acceptors (Lipinski definition) is 4. The van der Waals surface area contributed by atoms with Gasteiger partial charge < -0.3 is 10.3 Å². The summed E-state index contributed by atoms with van der Waals surface area (Å²) in [5, 5.41) is 0.112. The van der Waals surface area contributed by atoms with E-state index in [0.29, 0.717) is 18.9 Å². The summed E-state index contributed by atoms with van der Waals surface area (Å²) < 4.78 is 27.6. The Bertz CT molecular complexity index is 524. The molecule has 2 rings (SSSR count). The van der Waals surface area contributed by atoms with Crippen LogP contribution in [0.1, 0.15) is 25.6 Å². The van der Waals surface area contributed by atoms with Gasteiger partial charge in [0.15, 0.2) is 5.03 Å². The molecule has 1 aliphatic rings. The van der Waals surface area contributed by atoms with Crippen LogP contribution in [0.2, 0.25) is 0 Å². The van der Waals surface area contributed by atoms with Crippen LogP contribution in [0.3, 0.4) is 0 Å². The van der Waals surface area contributed by atoms with E-state index in [4.69, 9.17) is 5.73 Å². The standard InChI is InChI=1S/C11H20N4O2S/c1-4-5-11(12)7-15(8-11)18(16,17)10-6-14(3)9(2)13-10/h6H,4-5,7-8,12H2,1-3H3. The second-order valence-corrected chi connectivity index (χ2v) is 7.01. The highest BCUT2D eigenvalue weighted by molar-refractivity contribution is 7.89. The van der Waals surface area contributed by atoms with Gasteiger partial charge >= 0.3 is 0 Å². The van der Waals surface area contributed by atoms with Crippen LogP contribution < -0.4 is 5.73 Å². The van der Waals surface area contributed by atoms with E-state index in [1.165, 1.54) is 4.31 Å². The third kappa shape index (κ3) is 2.17. The lowest BCUT2D eigenvalue weighted by Gasteiger charge is -2.46. The van der Waals surface area contributed by atoms with E-state index in [9.17, 15) is 8.42 Å². The molecule has 0 spiro atoms. The van der Waals surface area contributed by atoms with E-state index in [0.717, 1.165) is 12.8 Å². The lowest BCUT2D eigenvalue weighted by Crippen LogP contribution is -2.68. The molecule has 1 saturated heterocycles. The molecule has 1 aromatic heterocycles. The Morgan fingerprint density at radius 1 is 1.50 bits per heavy atom. The predicted octanol–water partition coefficient (Wildman–Crippen LogP) is 0.230. The van der Waals surface area contributed by atoms with Crippen molar-refractivity contribution in [2.75, 3.05) is 13.1 Å².